The predicted molar refractivity (Wildman–Crippen MR) is 264 cm³/mol. The molecule has 0 spiro atoms. The zero-order valence-corrected chi connectivity index (χ0v) is 34.0. The molecule has 12 aromatic rings. The molecule has 0 aliphatic carbocycles. The number of anilines is 3. The molecule has 0 saturated heterocycles. The van der Waals surface area contributed by atoms with E-state index < -0.39 is 0 Å². The smallest absolute Gasteiger partial charge is 0.0547 e. The molecule has 0 bridgehead atoms. The zero-order valence-electron chi connectivity index (χ0n) is 34.0. The van der Waals surface area contributed by atoms with E-state index in [9.17, 15) is 0 Å². The van der Waals surface area contributed by atoms with Crippen molar-refractivity contribution >= 4 is 71.2 Å². The lowest BCUT2D eigenvalue weighted by Gasteiger charge is -2.27. The van der Waals surface area contributed by atoms with Gasteiger partial charge in [-0.2, -0.15) is 0 Å². The van der Waals surface area contributed by atoms with E-state index in [-0.39, 0.29) is 0 Å². The van der Waals surface area contributed by atoms with Crippen LogP contribution in [0.5, 0.6) is 0 Å². The first-order valence-corrected chi connectivity index (χ1v) is 21.3. The van der Waals surface area contributed by atoms with Gasteiger partial charge in [-0.05, 0) is 132 Å². The van der Waals surface area contributed by atoms with Crippen LogP contribution in [-0.2, 0) is 0 Å². The number of rotatable bonds is 7. The summed E-state index contributed by atoms with van der Waals surface area (Å²) in [5, 5.41) is 10.00. The molecule has 62 heavy (non-hydrogen) atoms. The van der Waals surface area contributed by atoms with Gasteiger partial charge >= 0.3 is 0 Å². The summed E-state index contributed by atoms with van der Waals surface area (Å²) < 4.78 is 2.42. The Kier molecular flexibility index (Phi) is 8.53. The van der Waals surface area contributed by atoms with Crippen molar-refractivity contribution in [3.63, 3.8) is 0 Å². The largest absolute Gasteiger partial charge is 0.310 e. The van der Waals surface area contributed by atoms with Crippen molar-refractivity contribution in [2.45, 2.75) is 0 Å². The Bertz CT molecular complexity index is 3640. The molecule has 0 unspecified atom stereocenters. The fraction of sp³-hybridized carbons (Fsp3) is 0. The van der Waals surface area contributed by atoms with E-state index in [4.69, 9.17) is 0 Å². The summed E-state index contributed by atoms with van der Waals surface area (Å²) in [4.78, 5) is 2.40. The summed E-state index contributed by atoms with van der Waals surface area (Å²) in [6, 6.07) is 88.6. The Balaban J connectivity index is 0.993. The number of hydrogen-bond acceptors (Lipinski definition) is 1. The highest BCUT2D eigenvalue weighted by atomic mass is 15.1. The minimum absolute atomic E-state index is 1.09. The van der Waals surface area contributed by atoms with Gasteiger partial charge in [-0.3, -0.25) is 0 Å². The topological polar surface area (TPSA) is 8.17 Å². The lowest BCUT2D eigenvalue weighted by Crippen LogP contribution is -2.10. The van der Waals surface area contributed by atoms with Gasteiger partial charge in [0, 0.05) is 33.5 Å². The molecular formula is C60H40N2. The van der Waals surface area contributed by atoms with Crippen LogP contribution in [0, 0.1) is 0 Å². The van der Waals surface area contributed by atoms with Crippen molar-refractivity contribution in [1.29, 1.82) is 0 Å². The normalized spacial score (nSPS) is 11.5. The first kappa shape index (κ1) is 35.7. The maximum absolute atomic E-state index is 2.42. The van der Waals surface area contributed by atoms with Crippen molar-refractivity contribution in [1.82, 2.24) is 4.57 Å². The van der Waals surface area contributed by atoms with Crippen molar-refractivity contribution in [2.75, 3.05) is 4.90 Å². The first-order chi connectivity index (χ1) is 30.7. The molecule has 0 radical (unpaired) electrons. The lowest BCUT2D eigenvalue weighted by molar-refractivity contribution is 1.18. The average molecular weight is 789 g/mol. The Morgan fingerprint density at radius 3 is 1.45 bits per heavy atom. The molecule has 0 aliphatic heterocycles. The van der Waals surface area contributed by atoms with Crippen LogP contribution < -0.4 is 4.90 Å². The van der Waals surface area contributed by atoms with E-state index in [0.29, 0.717) is 0 Å². The van der Waals surface area contributed by atoms with Gasteiger partial charge in [0.2, 0.25) is 0 Å². The summed E-state index contributed by atoms with van der Waals surface area (Å²) in [5.41, 5.74) is 14.0. The van der Waals surface area contributed by atoms with Gasteiger partial charge in [-0.15, -0.1) is 0 Å². The average Bonchev–Trinajstić information content (AvgIpc) is 3.66. The van der Waals surface area contributed by atoms with Gasteiger partial charge in [0.15, 0.2) is 0 Å². The van der Waals surface area contributed by atoms with Crippen molar-refractivity contribution in [2.24, 2.45) is 0 Å². The van der Waals surface area contributed by atoms with Gasteiger partial charge in [0.1, 0.15) is 0 Å². The van der Waals surface area contributed by atoms with Gasteiger partial charge < -0.3 is 9.47 Å². The SMILES string of the molecule is c1cc(-c2cccc(-n3c4ccccc4c4cc5ccccc5cc43)c2)cc(N(c2ccc(-c3cccc4ccccc34)cc2)c2cccc(-c3cccc4ccccc34)c2)c1. The molecule has 2 nitrogen and oxygen atoms in total. The molecule has 0 N–H and O–H groups in total. The fourth-order valence-corrected chi connectivity index (χ4v) is 9.59. The molecular weight excluding hydrogens is 749 g/mol. The molecule has 11 aromatic carbocycles. The summed E-state index contributed by atoms with van der Waals surface area (Å²) in [7, 11) is 0. The summed E-state index contributed by atoms with van der Waals surface area (Å²) in [6.07, 6.45) is 0. The minimum atomic E-state index is 1.09. The second kappa shape index (κ2) is 14.8. The van der Waals surface area contributed by atoms with E-state index in [1.807, 2.05) is 0 Å². The third-order valence-corrected chi connectivity index (χ3v) is 12.5. The number of aromatic nitrogens is 1. The van der Waals surface area contributed by atoms with Crippen molar-refractivity contribution in [3.8, 4) is 39.1 Å². The third kappa shape index (κ3) is 6.12. The van der Waals surface area contributed by atoms with Crippen molar-refractivity contribution in [3.05, 3.63) is 243 Å². The predicted octanol–water partition coefficient (Wildman–Crippen LogP) is 16.7. The van der Waals surface area contributed by atoms with Crippen LogP contribution in [0.3, 0.4) is 0 Å². The molecule has 1 heterocycles. The van der Waals surface area contributed by atoms with Crippen LogP contribution in [0.25, 0.3) is 93.2 Å². The Hall–Kier alpha value is -8.20. The Labute approximate surface area is 360 Å². The quantitative estimate of drug-likeness (QED) is 0.156. The number of fused-ring (bicyclic) bond motifs is 6. The fourth-order valence-electron chi connectivity index (χ4n) is 9.59. The second-order valence-corrected chi connectivity index (χ2v) is 16.2. The highest BCUT2D eigenvalue weighted by Gasteiger charge is 2.18. The molecule has 290 valence electrons. The van der Waals surface area contributed by atoms with Gasteiger partial charge in [0.05, 0.1) is 11.0 Å². The highest BCUT2D eigenvalue weighted by molar-refractivity contribution is 6.13. The van der Waals surface area contributed by atoms with Crippen LogP contribution >= 0.6 is 0 Å². The zero-order chi connectivity index (χ0) is 41.0. The Morgan fingerprint density at radius 2 is 0.758 bits per heavy atom. The third-order valence-electron chi connectivity index (χ3n) is 12.5. The van der Waals surface area contributed by atoms with Crippen LogP contribution in [0.2, 0.25) is 0 Å². The van der Waals surface area contributed by atoms with E-state index in [1.54, 1.807) is 0 Å². The van der Waals surface area contributed by atoms with E-state index >= 15 is 0 Å². The highest BCUT2D eigenvalue weighted by Crippen LogP contribution is 2.41. The lowest BCUT2D eigenvalue weighted by atomic mass is 9.97. The monoisotopic (exact) mass is 788 g/mol. The van der Waals surface area contributed by atoms with Gasteiger partial charge in [-0.1, -0.05) is 176 Å². The summed E-state index contributed by atoms with van der Waals surface area (Å²) in [6.45, 7) is 0. The molecule has 0 aliphatic rings. The van der Waals surface area contributed by atoms with Crippen LogP contribution in [0.1, 0.15) is 0 Å². The number of benzene rings is 11. The van der Waals surface area contributed by atoms with Gasteiger partial charge in [0.25, 0.3) is 0 Å². The second-order valence-electron chi connectivity index (χ2n) is 16.2. The maximum atomic E-state index is 2.42. The number of nitrogens with zero attached hydrogens (tertiary/aromatic N) is 2. The summed E-state index contributed by atoms with van der Waals surface area (Å²) in [5.74, 6) is 0. The minimum Gasteiger partial charge on any atom is -0.310 e. The molecule has 0 atom stereocenters. The van der Waals surface area contributed by atoms with E-state index in [2.05, 4.69) is 252 Å². The van der Waals surface area contributed by atoms with Crippen molar-refractivity contribution < 1.29 is 0 Å². The van der Waals surface area contributed by atoms with E-state index in [0.717, 1.165) is 33.9 Å². The van der Waals surface area contributed by atoms with Crippen LogP contribution in [-0.4, -0.2) is 4.57 Å². The maximum Gasteiger partial charge on any atom is 0.0547 e. The number of hydrogen-bond donors (Lipinski definition) is 0. The molecule has 2 heteroatoms. The van der Waals surface area contributed by atoms with Crippen LogP contribution in [0.4, 0.5) is 17.1 Å². The molecule has 0 fully saturated rings. The standard InChI is InChI=1S/C60H40N2/c1-2-17-47-40-60-58(39-46(47)16-1)57-28-7-8-31-59(57)62(60)52-25-10-21-45(37-52)44-20-9-23-50(36-44)61(49-34-32-43(33-35-49)55-29-12-18-41-14-3-5-26-53(41)55)51-24-11-22-48(38-51)56-30-13-19-42-15-4-6-27-54(42)56/h1-40H. The molecule has 0 saturated carbocycles. The molecule has 12 rings (SSSR count). The summed E-state index contributed by atoms with van der Waals surface area (Å²) >= 11 is 0. The molecule has 1 aromatic heterocycles. The first-order valence-electron chi connectivity index (χ1n) is 21.3. The number of para-hydroxylation sites is 1. The van der Waals surface area contributed by atoms with E-state index in [1.165, 1.54) is 76.4 Å². The Morgan fingerprint density at radius 1 is 0.258 bits per heavy atom. The molecule has 0 amide bonds. The van der Waals surface area contributed by atoms with Gasteiger partial charge in [-0.25, -0.2) is 0 Å². The van der Waals surface area contributed by atoms with Crippen LogP contribution in [0.15, 0.2) is 243 Å².